The SMILES string of the molecule is CCOc1ccccc1NC(=O)c1nc(Cl)c(Cl)c(Cl)c1Cl. The summed E-state index contributed by atoms with van der Waals surface area (Å²) in [6, 6.07) is 6.97. The molecule has 1 aromatic carbocycles. The number of amides is 1. The van der Waals surface area contributed by atoms with Gasteiger partial charge in [-0.1, -0.05) is 58.5 Å². The van der Waals surface area contributed by atoms with Gasteiger partial charge in [0.2, 0.25) is 0 Å². The van der Waals surface area contributed by atoms with E-state index in [-0.39, 0.29) is 25.9 Å². The standard InChI is InChI=1S/C14H10Cl4N2O2/c1-2-22-8-6-4-3-5-7(8)19-14(21)12-10(16)9(15)11(17)13(18)20-12/h3-6H,2H2,1H3,(H,19,21). The first-order chi connectivity index (χ1) is 10.5. The number of carbonyl (C=O) groups is 1. The van der Waals surface area contributed by atoms with Gasteiger partial charge in [-0.05, 0) is 19.1 Å². The molecule has 1 heterocycles. The number of pyridine rings is 1. The third-order valence-electron chi connectivity index (χ3n) is 2.63. The van der Waals surface area contributed by atoms with Gasteiger partial charge in [0, 0.05) is 0 Å². The molecule has 22 heavy (non-hydrogen) atoms. The first-order valence-electron chi connectivity index (χ1n) is 6.18. The molecule has 0 aliphatic carbocycles. The number of halogens is 4. The van der Waals surface area contributed by atoms with Crippen molar-refractivity contribution in [1.82, 2.24) is 4.98 Å². The van der Waals surface area contributed by atoms with Crippen molar-refractivity contribution < 1.29 is 9.53 Å². The second-order valence-corrected chi connectivity index (χ2v) is 5.57. The molecule has 116 valence electrons. The van der Waals surface area contributed by atoms with Gasteiger partial charge in [-0.2, -0.15) is 0 Å². The van der Waals surface area contributed by atoms with E-state index in [0.29, 0.717) is 18.0 Å². The van der Waals surface area contributed by atoms with Crippen LogP contribution >= 0.6 is 46.4 Å². The summed E-state index contributed by atoms with van der Waals surface area (Å²) in [6.45, 7) is 2.31. The zero-order valence-electron chi connectivity index (χ0n) is 11.3. The summed E-state index contributed by atoms with van der Waals surface area (Å²) in [5, 5.41) is 2.47. The predicted molar refractivity (Wildman–Crippen MR) is 89.8 cm³/mol. The van der Waals surface area contributed by atoms with E-state index in [4.69, 9.17) is 51.1 Å². The molecule has 0 fully saturated rings. The molecule has 0 bridgehead atoms. The fourth-order valence-corrected chi connectivity index (χ4v) is 2.48. The van der Waals surface area contributed by atoms with Crippen molar-refractivity contribution in [2.24, 2.45) is 0 Å². The number of nitrogens with zero attached hydrogens (tertiary/aromatic N) is 1. The van der Waals surface area contributed by atoms with Crippen molar-refractivity contribution in [2.45, 2.75) is 6.92 Å². The number of aromatic nitrogens is 1. The number of ether oxygens (including phenoxy) is 1. The summed E-state index contributed by atoms with van der Waals surface area (Å²) in [5.74, 6) is -0.0433. The molecule has 0 aliphatic rings. The molecule has 8 heteroatoms. The van der Waals surface area contributed by atoms with E-state index in [9.17, 15) is 4.79 Å². The van der Waals surface area contributed by atoms with Crippen LogP contribution in [0, 0.1) is 0 Å². The number of carbonyl (C=O) groups excluding carboxylic acids is 1. The Morgan fingerprint density at radius 1 is 1.14 bits per heavy atom. The molecule has 1 amide bonds. The predicted octanol–water partition coefficient (Wildman–Crippen LogP) is 5.35. The van der Waals surface area contributed by atoms with E-state index in [0.717, 1.165) is 0 Å². The molecule has 4 nitrogen and oxygen atoms in total. The Bertz CT molecular complexity index is 722. The molecular weight excluding hydrogens is 370 g/mol. The highest BCUT2D eigenvalue weighted by Crippen LogP contribution is 2.36. The van der Waals surface area contributed by atoms with Crippen molar-refractivity contribution in [2.75, 3.05) is 11.9 Å². The summed E-state index contributed by atoms with van der Waals surface area (Å²) in [6.07, 6.45) is 0. The van der Waals surface area contributed by atoms with Gasteiger partial charge in [0.05, 0.1) is 27.4 Å². The highest BCUT2D eigenvalue weighted by Gasteiger charge is 2.21. The molecule has 1 N–H and O–H groups in total. The molecule has 0 atom stereocenters. The lowest BCUT2D eigenvalue weighted by Gasteiger charge is -2.12. The van der Waals surface area contributed by atoms with Crippen molar-refractivity contribution >= 4 is 58.0 Å². The molecule has 0 saturated heterocycles. The Morgan fingerprint density at radius 2 is 1.82 bits per heavy atom. The topological polar surface area (TPSA) is 51.2 Å². The number of para-hydroxylation sites is 2. The highest BCUT2D eigenvalue weighted by atomic mass is 35.5. The van der Waals surface area contributed by atoms with Crippen LogP contribution in [0.5, 0.6) is 5.75 Å². The minimum atomic E-state index is -0.572. The number of nitrogens with one attached hydrogen (secondary N) is 1. The number of benzene rings is 1. The molecule has 1 aromatic heterocycles. The van der Waals surface area contributed by atoms with Crippen LogP contribution < -0.4 is 10.1 Å². The summed E-state index contributed by atoms with van der Waals surface area (Å²) in [7, 11) is 0. The molecule has 0 spiro atoms. The molecule has 0 aliphatic heterocycles. The van der Waals surface area contributed by atoms with E-state index < -0.39 is 5.91 Å². The van der Waals surface area contributed by atoms with Crippen molar-refractivity contribution in [3.8, 4) is 5.75 Å². The first kappa shape index (κ1) is 17.2. The van der Waals surface area contributed by atoms with Gasteiger partial charge in [0.1, 0.15) is 16.6 Å². The third-order valence-corrected chi connectivity index (χ3v) is 4.31. The second-order valence-electron chi connectivity index (χ2n) is 4.08. The number of rotatable bonds is 4. The van der Waals surface area contributed by atoms with Crippen molar-refractivity contribution in [3.05, 3.63) is 50.2 Å². The maximum absolute atomic E-state index is 12.3. The third kappa shape index (κ3) is 3.58. The van der Waals surface area contributed by atoms with Crippen LogP contribution in [0.3, 0.4) is 0 Å². The molecular formula is C14H10Cl4N2O2. The molecule has 2 aromatic rings. The number of anilines is 1. The zero-order chi connectivity index (χ0) is 16.3. The Labute approximate surface area is 147 Å². The van der Waals surface area contributed by atoms with E-state index in [1.54, 1.807) is 24.3 Å². The number of hydrogen-bond acceptors (Lipinski definition) is 3. The minimum Gasteiger partial charge on any atom is -0.492 e. The lowest BCUT2D eigenvalue weighted by Crippen LogP contribution is -2.15. The van der Waals surface area contributed by atoms with Crippen LogP contribution in [0.15, 0.2) is 24.3 Å². The van der Waals surface area contributed by atoms with Gasteiger partial charge >= 0.3 is 0 Å². The van der Waals surface area contributed by atoms with Gasteiger partial charge in [-0.25, -0.2) is 4.98 Å². The van der Waals surface area contributed by atoms with Gasteiger partial charge in [0.15, 0.2) is 0 Å². The monoisotopic (exact) mass is 378 g/mol. The zero-order valence-corrected chi connectivity index (χ0v) is 14.3. The van der Waals surface area contributed by atoms with Crippen molar-refractivity contribution in [1.29, 1.82) is 0 Å². The maximum atomic E-state index is 12.3. The Kier molecular flexibility index (Phi) is 5.75. The highest BCUT2D eigenvalue weighted by molar-refractivity contribution is 6.52. The maximum Gasteiger partial charge on any atom is 0.276 e. The smallest absolute Gasteiger partial charge is 0.276 e. The molecule has 0 radical (unpaired) electrons. The van der Waals surface area contributed by atoms with E-state index in [2.05, 4.69) is 10.3 Å². The lowest BCUT2D eigenvalue weighted by molar-refractivity contribution is 0.102. The van der Waals surface area contributed by atoms with Crippen LogP contribution in [0.4, 0.5) is 5.69 Å². The molecule has 0 saturated carbocycles. The summed E-state index contributed by atoms with van der Waals surface area (Å²) in [4.78, 5) is 16.2. The first-order valence-corrected chi connectivity index (χ1v) is 7.70. The average Bonchev–Trinajstić information content (AvgIpc) is 2.51. The van der Waals surface area contributed by atoms with Crippen LogP contribution in [0.2, 0.25) is 20.2 Å². The molecule has 0 unspecified atom stereocenters. The minimum absolute atomic E-state index is 0.000371. The van der Waals surface area contributed by atoms with Crippen LogP contribution in [0.1, 0.15) is 17.4 Å². The quantitative estimate of drug-likeness (QED) is 0.728. The van der Waals surface area contributed by atoms with Crippen molar-refractivity contribution in [3.63, 3.8) is 0 Å². The van der Waals surface area contributed by atoms with E-state index in [1.165, 1.54) is 0 Å². The fourth-order valence-electron chi connectivity index (χ4n) is 1.67. The summed E-state index contributed by atoms with van der Waals surface area (Å²) < 4.78 is 5.43. The Hall–Kier alpha value is -1.20. The van der Waals surface area contributed by atoms with Crippen LogP contribution in [0.25, 0.3) is 0 Å². The average molecular weight is 380 g/mol. The fraction of sp³-hybridized carbons (Fsp3) is 0.143. The second kappa shape index (κ2) is 7.38. The van der Waals surface area contributed by atoms with Gasteiger partial charge in [-0.3, -0.25) is 4.79 Å². The van der Waals surface area contributed by atoms with Crippen LogP contribution in [-0.2, 0) is 0 Å². The van der Waals surface area contributed by atoms with Gasteiger partial charge in [0.25, 0.3) is 5.91 Å². The Morgan fingerprint density at radius 3 is 2.50 bits per heavy atom. The van der Waals surface area contributed by atoms with Crippen LogP contribution in [-0.4, -0.2) is 17.5 Å². The van der Waals surface area contributed by atoms with E-state index >= 15 is 0 Å². The van der Waals surface area contributed by atoms with E-state index in [1.807, 2.05) is 6.92 Å². The lowest BCUT2D eigenvalue weighted by atomic mass is 10.2. The summed E-state index contributed by atoms with van der Waals surface area (Å²) in [5.41, 5.74) is 0.363. The largest absolute Gasteiger partial charge is 0.492 e. The Balaban J connectivity index is 2.35. The van der Waals surface area contributed by atoms with Gasteiger partial charge in [-0.15, -0.1) is 0 Å². The normalized spacial score (nSPS) is 10.4. The van der Waals surface area contributed by atoms with Gasteiger partial charge < -0.3 is 10.1 Å². The molecule has 2 rings (SSSR count). The number of hydrogen-bond donors (Lipinski definition) is 1. The summed E-state index contributed by atoms with van der Waals surface area (Å²) >= 11 is 23.6.